The Morgan fingerprint density at radius 3 is 2.51 bits per heavy atom. The van der Waals surface area contributed by atoms with Gasteiger partial charge in [0, 0.05) is 13.1 Å². The number of piperidine rings is 1. The number of amides is 1. The molecule has 0 saturated carbocycles. The predicted octanol–water partition coefficient (Wildman–Crippen LogP) is 7.93. The molecule has 0 radical (unpaired) electrons. The molecule has 5 rings (SSSR count). The third-order valence-electron chi connectivity index (χ3n) is 9.29. The molecule has 9 nitrogen and oxygen atoms in total. The highest BCUT2D eigenvalue weighted by molar-refractivity contribution is 5.90. The van der Waals surface area contributed by atoms with Crippen LogP contribution in [0.3, 0.4) is 0 Å². The molecular weight excluding hydrogens is 613 g/mol. The molecule has 1 aromatic carbocycles. The van der Waals surface area contributed by atoms with E-state index < -0.39 is 29.5 Å². The van der Waals surface area contributed by atoms with Crippen LogP contribution in [-0.2, 0) is 17.3 Å². The highest BCUT2D eigenvalue weighted by Gasteiger charge is 2.41. The van der Waals surface area contributed by atoms with E-state index in [0.717, 1.165) is 55.2 Å². The van der Waals surface area contributed by atoms with Crippen LogP contribution < -0.4 is 4.74 Å². The maximum atomic E-state index is 14.2. The number of aryl methyl sites for hydroxylation is 1. The average Bonchev–Trinajstić information content (AvgIpc) is 3.51. The molecular formula is C35H41F3N4O5. The SMILES string of the molecule is CCOC(=O)c1cnn(-c2cccc(C3=C(COc4ccc(C5CCN(C(=O)O)CC5)c(CC)c4)C(C)(C)CCC3)n2)c1C(F)(F)F. The Kier molecular flexibility index (Phi) is 9.97. The smallest absolute Gasteiger partial charge is 0.434 e. The number of ether oxygens (including phenoxy) is 2. The Balaban J connectivity index is 1.43. The molecule has 1 aliphatic heterocycles. The van der Waals surface area contributed by atoms with E-state index in [0.29, 0.717) is 35.8 Å². The number of allylic oxidation sites excluding steroid dienone is 1. The summed E-state index contributed by atoms with van der Waals surface area (Å²) in [6.45, 7) is 9.16. The zero-order chi connectivity index (χ0) is 33.9. The van der Waals surface area contributed by atoms with Crippen molar-refractivity contribution in [2.75, 3.05) is 26.3 Å². The van der Waals surface area contributed by atoms with E-state index in [4.69, 9.17) is 9.47 Å². The lowest BCUT2D eigenvalue weighted by Crippen LogP contribution is -2.36. The maximum Gasteiger partial charge on any atom is 0.434 e. The van der Waals surface area contributed by atoms with E-state index >= 15 is 0 Å². The predicted molar refractivity (Wildman–Crippen MR) is 170 cm³/mol. The van der Waals surface area contributed by atoms with Gasteiger partial charge in [-0.15, -0.1) is 0 Å². The minimum Gasteiger partial charge on any atom is -0.489 e. The average molecular weight is 655 g/mol. The monoisotopic (exact) mass is 654 g/mol. The van der Waals surface area contributed by atoms with E-state index in [1.807, 2.05) is 6.07 Å². The van der Waals surface area contributed by atoms with E-state index in [1.54, 1.807) is 12.1 Å². The van der Waals surface area contributed by atoms with Gasteiger partial charge in [-0.05, 0) is 103 Å². The zero-order valence-electron chi connectivity index (χ0n) is 27.2. The molecule has 1 amide bonds. The summed E-state index contributed by atoms with van der Waals surface area (Å²) in [6, 6.07) is 11.0. The Hall–Kier alpha value is -4.35. The number of likely N-dealkylation sites (tertiary alicyclic amines) is 1. The topological polar surface area (TPSA) is 107 Å². The van der Waals surface area contributed by atoms with E-state index in [-0.39, 0.29) is 24.4 Å². The molecule has 3 heterocycles. The molecule has 1 fully saturated rings. The Labute approximate surface area is 272 Å². The molecule has 3 aromatic rings. The summed E-state index contributed by atoms with van der Waals surface area (Å²) >= 11 is 0. The molecule has 1 saturated heterocycles. The first-order valence-corrected chi connectivity index (χ1v) is 16.1. The number of pyridine rings is 1. The molecule has 0 unspecified atom stereocenters. The van der Waals surface area contributed by atoms with Crippen molar-refractivity contribution in [3.05, 3.63) is 76.2 Å². The van der Waals surface area contributed by atoms with Gasteiger partial charge in [0.1, 0.15) is 17.9 Å². The molecule has 0 spiro atoms. The number of benzene rings is 1. The summed E-state index contributed by atoms with van der Waals surface area (Å²) in [6.07, 6.45) is -0.0134. The van der Waals surface area contributed by atoms with Gasteiger partial charge in [0.05, 0.1) is 18.5 Å². The van der Waals surface area contributed by atoms with Gasteiger partial charge < -0.3 is 19.5 Å². The number of nitrogens with zero attached hydrogens (tertiary/aromatic N) is 4. The van der Waals surface area contributed by atoms with E-state index in [2.05, 4.69) is 43.0 Å². The highest BCUT2D eigenvalue weighted by atomic mass is 19.4. The quantitative estimate of drug-likeness (QED) is 0.234. The Morgan fingerprint density at radius 1 is 1.11 bits per heavy atom. The lowest BCUT2D eigenvalue weighted by molar-refractivity contribution is -0.143. The van der Waals surface area contributed by atoms with Gasteiger partial charge in [0.15, 0.2) is 11.5 Å². The number of halogens is 3. The molecule has 0 bridgehead atoms. The Bertz CT molecular complexity index is 1650. The first kappa shape index (κ1) is 34.0. The van der Waals surface area contributed by atoms with Crippen molar-refractivity contribution in [1.82, 2.24) is 19.7 Å². The van der Waals surface area contributed by atoms with Crippen molar-refractivity contribution < 1.29 is 37.3 Å². The van der Waals surface area contributed by atoms with Gasteiger partial charge in [0.2, 0.25) is 0 Å². The van der Waals surface area contributed by atoms with Crippen molar-refractivity contribution in [2.24, 2.45) is 5.41 Å². The van der Waals surface area contributed by atoms with Gasteiger partial charge in [-0.1, -0.05) is 32.9 Å². The number of rotatable bonds is 9. The number of carboxylic acid groups (broad SMARTS) is 1. The van der Waals surface area contributed by atoms with Gasteiger partial charge in [-0.25, -0.2) is 19.3 Å². The van der Waals surface area contributed by atoms with Gasteiger partial charge in [-0.3, -0.25) is 0 Å². The van der Waals surface area contributed by atoms with Crippen LogP contribution in [0.15, 0.2) is 48.2 Å². The van der Waals surface area contributed by atoms with Crippen LogP contribution in [0, 0.1) is 5.41 Å². The van der Waals surface area contributed by atoms with Gasteiger partial charge in [0.25, 0.3) is 0 Å². The summed E-state index contributed by atoms with van der Waals surface area (Å²) in [5.41, 5.74) is 2.75. The van der Waals surface area contributed by atoms with Crippen molar-refractivity contribution >= 4 is 17.6 Å². The lowest BCUT2D eigenvalue weighted by Gasteiger charge is -2.35. The number of aromatic nitrogens is 3. The van der Waals surface area contributed by atoms with E-state index in [9.17, 15) is 27.9 Å². The number of carbonyl (C=O) groups excluding carboxylic acids is 1. The van der Waals surface area contributed by atoms with Crippen LogP contribution in [0.25, 0.3) is 11.4 Å². The van der Waals surface area contributed by atoms with Crippen LogP contribution in [-0.4, -0.2) is 63.1 Å². The standard InChI is InChI=1S/C35H41F3N4O5/c1-5-22-19-24(12-13-25(22)23-14-17-41(18-15-23)33(44)45)47-21-28-26(9-8-16-34(28,3)4)29-10-7-11-30(40-29)42-31(35(36,37)38)27(20-39-42)32(43)46-6-2/h7,10-13,19-20,23H,5-6,8-9,14-18,21H2,1-4H3,(H,44,45). The number of hydrogen-bond acceptors (Lipinski definition) is 6. The molecule has 2 aliphatic rings. The number of carbonyl (C=O) groups is 2. The second-order valence-electron chi connectivity index (χ2n) is 12.7. The summed E-state index contributed by atoms with van der Waals surface area (Å²) < 4.78 is 54.5. The zero-order valence-corrected chi connectivity index (χ0v) is 27.2. The summed E-state index contributed by atoms with van der Waals surface area (Å²) in [5.74, 6) is -0.137. The van der Waals surface area contributed by atoms with Crippen molar-refractivity contribution in [3.8, 4) is 11.6 Å². The second kappa shape index (κ2) is 13.8. The van der Waals surface area contributed by atoms with Crippen LogP contribution in [0.4, 0.5) is 18.0 Å². The third kappa shape index (κ3) is 7.31. The number of esters is 1. The third-order valence-corrected chi connectivity index (χ3v) is 9.29. The fourth-order valence-electron chi connectivity index (χ4n) is 6.76. The second-order valence-corrected chi connectivity index (χ2v) is 12.7. The van der Waals surface area contributed by atoms with E-state index in [1.165, 1.54) is 29.0 Å². The molecule has 1 N–H and O–H groups in total. The minimum absolute atomic E-state index is 0.0566. The Morgan fingerprint density at radius 2 is 1.85 bits per heavy atom. The van der Waals surface area contributed by atoms with Crippen LogP contribution in [0.5, 0.6) is 5.75 Å². The fraction of sp³-hybridized carbons (Fsp3) is 0.486. The first-order valence-electron chi connectivity index (χ1n) is 16.1. The molecule has 0 atom stereocenters. The van der Waals surface area contributed by atoms with Gasteiger partial charge >= 0.3 is 18.2 Å². The van der Waals surface area contributed by atoms with Crippen molar-refractivity contribution in [1.29, 1.82) is 0 Å². The van der Waals surface area contributed by atoms with Crippen molar-refractivity contribution in [2.45, 2.75) is 78.3 Å². The molecule has 47 heavy (non-hydrogen) atoms. The molecule has 252 valence electrons. The normalized spacial score (nSPS) is 17.1. The van der Waals surface area contributed by atoms with Crippen molar-refractivity contribution in [3.63, 3.8) is 0 Å². The maximum absolute atomic E-state index is 14.2. The summed E-state index contributed by atoms with van der Waals surface area (Å²) in [7, 11) is 0. The van der Waals surface area contributed by atoms with Crippen LogP contribution in [0.2, 0.25) is 0 Å². The molecule has 2 aromatic heterocycles. The minimum atomic E-state index is -4.87. The fourth-order valence-corrected chi connectivity index (χ4v) is 6.76. The number of alkyl halides is 3. The molecule has 1 aliphatic carbocycles. The molecule has 12 heteroatoms. The van der Waals surface area contributed by atoms with Gasteiger partial charge in [-0.2, -0.15) is 18.3 Å². The highest BCUT2D eigenvalue weighted by Crippen LogP contribution is 2.44. The number of hydrogen-bond donors (Lipinski definition) is 1. The largest absolute Gasteiger partial charge is 0.489 e. The van der Waals surface area contributed by atoms with Crippen LogP contribution in [0.1, 0.15) is 98.6 Å². The van der Waals surface area contributed by atoms with Crippen LogP contribution >= 0.6 is 0 Å². The summed E-state index contributed by atoms with van der Waals surface area (Å²) in [4.78, 5) is 29.7. The lowest BCUT2D eigenvalue weighted by atomic mass is 9.72. The summed E-state index contributed by atoms with van der Waals surface area (Å²) in [5, 5.41) is 13.2. The first-order chi connectivity index (χ1) is 22.3.